The lowest BCUT2D eigenvalue weighted by Gasteiger charge is -2.31. The van der Waals surface area contributed by atoms with Gasteiger partial charge in [-0.05, 0) is 62.2 Å². The summed E-state index contributed by atoms with van der Waals surface area (Å²) >= 11 is 0. The number of benzene rings is 3. The minimum Gasteiger partial charge on any atom is -0.302 e. The first-order valence-electron chi connectivity index (χ1n) is 11.5. The van der Waals surface area contributed by atoms with Crippen LogP contribution in [0.4, 0.5) is 0 Å². The first-order valence-corrected chi connectivity index (χ1v) is 13.2. The molecule has 3 aromatic rings. The fraction of sp³-hybridized carbons (Fsp3) is 0.333. The molecule has 3 aromatic carbocycles. The summed E-state index contributed by atoms with van der Waals surface area (Å²) in [6.07, 6.45) is 6.01. The standard InChI is InChI=1S/C27H33N2OP/c30-31(26-16-8-4-9-17-26,27-18-10-5-11-19-27)28-25(22-24-14-6-3-7-15-24)23-29-20-12-1-2-13-21-29/h3-11,14-19,25H,1-2,12-13,20-23H2,(H,28,30)/t25-/m0/s1. The number of hydrogen-bond acceptors (Lipinski definition) is 2. The van der Waals surface area contributed by atoms with E-state index in [4.69, 9.17) is 0 Å². The van der Waals surface area contributed by atoms with Gasteiger partial charge in [0.25, 0.3) is 0 Å². The summed E-state index contributed by atoms with van der Waals surface area (Å²) in [6, 6.07) is 30.5. The molecule has 0 aliphatic carbocycles. The Balaban J connectivity index is 1.65. The van der Waals surface area contributed by atoms with Gasteiger partial charge in [-0.1, -0.05) is 79.6 Å². The van der Waals surface area contributed by atoms with E-state index in [0.717, 1.165) is 36.7 Å². The van der Waals surface area contributed by atoms with Crippen LogP contribution in [0.1, 0.15) is 31.2 Å². The lowest BCUT2D eigenvalue weighted by atomic mass is 10.1. The highest BCUT2D eigenvalue weighted by Crippen LogP contribution is 2.39. The predicted octanol–water partition coefficient (Wildman–Crippen LogP) is 4.99. The number of nitrogens with one attached hydrogen (secondary N) is 1. The van der Waals surface area contributed by atoms with Crippen LogP contribution in [0.3, 0.4) is 0 Å². The molecular weight excluding hydrogens is 399 g/mol. The van der Waals surface area contributed by atoms with Crippen LogP contribution in [0.5, 0.6) is 0 Å². The molecule has 3 nitrogen and oxygen atoms in total. The normalized spacial score (nSPS) is 16.5. The Morgan fingerprint density at radius 3 is 1.71 bits per heavy atom. The van der Waals surface area contributed by atoms with Gasteiger partial charge in [0.15, 0.2) is 0 Å². The van der Waals surface area contributed by atoms with Gasteiger partial charge < -0.3 is 4.90 Å². The molecule has 0 amide bonds. The zero-order valence-corrected chi connectivity index (χ0v) is 19.1. The molecule has 0 bridgehead atoms. The van der Waals surface area contributed by atoms with Gasteiger partial charge in [-0.25, -0.2) is 0 Å². The van der Waals surface area contributed by atoms with Crippen LogP contribution in [0, 0.1) is 0 Å². The van der Waals surface area contributed by atoms with E-state index >= 15 is 0 Å². The van der Waals surface area contributed by atoms with Crippen molar-refractivity contribution < 1.29 is 4.57 Å². The highest BCUT2D eigenvalue weighted by atomic mass is 31.2. The summed E-state index contributed by atoms with van der Waals surface area (Å²) in [5.41, 5.74) is 1.28. The molecular formula is C27H33N2OP. The Hall–Kier alpha value is -2.19. The van der Waals surface area contributed by atoms with Crippen LogP contribution < -0.4 is 15.7 Å². The van der Waals surface area contributed by atoms with Gasteiger partial charge in [-0.2, -0.15) is 0 Å². The number of likely N-dealkylation sites (tertiary alicyclic amines) is 1. The van der Waals surface area contributed by atoms with Gasteiger partial charge >= 0.3 is 0 Å². The Morgan fingerprint density at radius 1 is 0.710 bits per heavy atom. The van der Waals surface area contributed by atoms with Crippen molar-refractivity contribution in [3.63, 3.8) is 0 Å². The van der Waals surface area contributed by atoms with E-state index in [9.17, 15) is 4.57 Å². The maximum Gasteiger partial charge on any atom is 0.204 e. The maximum absolute atomic E-state index is 14.6. The number of rotatable bonds is 8. The molecule has 0 unspecified atom stereocenters. The Bertz CT molecular complexity index is 911. The van der Waals surface area contributed by atoms with Gasteiger partial charge in [0.05, 0.1) is 0 Å². The molecule has 1 heterocycles. The highest BCUT2D eigenvalue weighted by Gasteiger charge is 2.31. The van der Waals surface area contributed by atoms with E-state index in [-0.39, 0.29) is 6.04 Å². The van der Waals surface area contributed by atoms with Gasteiger partial charge in [0, 0.05) is 23.2 Å². The molecule has 0 saturated carbocycles. The summed E-state index contributed by atoms with van der Waals surface area (Å²) in [4.78, 5) is 2.56. The van der Waals surface area contributed by atoms with Gasteiger partial charge in [0.2, 0.25) is 7.29 Å². The van der Waals surface area contributed by atoms with Gasteiger partial charge in [0.1, 0.15) is 0 Å². The molecule has 1 atom stereocenters. The molecule has 162 valence electrons. The first kappa shape index (κ1) is 22.0. The van der Waals surface area contributed by atoms with Crippen molar-refractivity contribution in [1.82, 2.24) is 9.99 Å². The van der Waals surface area contributed by atoms with E-state index < -0.39 is 7.29 Å². The van der Waals surface area contributed by atoms with Crippen LogP contribution in [0.25, 0.3) is 0 Å². The van der Waals surface area contributed by atoms with Crippen LogP contribution in [-0.4, -0.2) is 30.6 Å². The molecule has 1 aliphatic rings. The largest absolute Gasteiger partial charge is 0.302 e. The molecule has 31 heavy (non-hydrogen) atoms. The van der Waals surface area contributed by atoms with E-state index in [1.165, 1.54) is 31.2 Å². The van der Waals surface area contributed by atoms with Crippen molar-refractivity contribution in [2.24, 2.45) is 0 Å². The topological polar surface area (TPSA) is 32.3 Å². The minimum atomic E-state index is -2.97. The number of nitrogens with zero attached hydrogens (tertiary/aromatic N) is 1. The monoisotopic (exact) mass is 432 g/mol. The van der Waals surface area contributed by atoms with Crippen molar-refractivity contribution in [1.29, 1.82) is 0 Å². The molecule has 4 rings (SSSR count). The van der Waals surface area contributed by atoms with E-state index in [0.29, 0.717) is 0 Å². The Kier molecular flexibility index (Phi) is 7.75. The predicted molar refractivity (Wildman–Crippen MR) is 132 cm³/mol. The Labute approximate surface area is 186 Å². The lowest BCUT2D eigenvalue weighted by molar-refractivity contribution is 0.259. The van der Waals surface area contributed by atoms with Crippen LogP contribution in [-0.2, 0) is 11.0 Å². The molecule has 4 heteroatoms. The van der Waals surface area contributed by atoms with E-state index in [1.807, 2.05) is 60.7 Å². The third-order valence-corrected chi connectivity index (χ3v) is 8.89. The molecule has 1 aliphatic heterocycles. The van der Waals surface area contributed by atoms with Crippen molar-refractivity contribution in [2.75, 3.05) is 19.6 Å². The lowest BCUT2D eigenvalue weighted by Crippen LogP contribution is -2.44. The summed E-state index contributed by atoms with van der Waals surface area (Å²) in [7, 11) is -2.97. The van der Waals surface area contributed by atoms with Crippen molar-refractivity contribution in [3.05, 3.63) is 96.6 Å². The van der Waals surface area contributed by atoms with E-state index in [2.05, 4.69) is 40.3 Å². The molecule has 1 fully saturated rings. The maximum atomic E-state index is 14.6. The molecule has 1 N–H and O–H groups in total. The van der Waals surface area contributed by atoms with Crippen molar-refractivity contribution >= 4 is 17.9 Å². The summed E-state index contributed by atoms with van der Waals surface area (Å²) < 4.78 is 14.6. The smallest absolute Gasteiger partial charge is 0.204 e. The summed E-state index contributed by atoms with van der Waals surface area (Å²) in [5.74, 6) is 0. The second-order valence-electron chi connectivity index (χ2n) is 8.51. The fourth-order valence-electron chi connectivity index (χ4n) is 4.51. The quantitative estimate of drug-likeness (QED) is 0.509. The second kappa shape index (κ2) is 10.9. The van der Waals surface area contributed by atoms with Gasteiger partial charge in [-0.3, -0.25) is 9.65 Å². The Morgan fingerprint density at radius 2 is 1.19 bits per heavy atom. The fourth-order valence-corrected chi connectivity index (χ4v) is 6.98. The zero-order valence-electron chi connectivity index (χ0n) is 18.2. The molecule has 1 saturated heterocycles. The van der Waals surface area contributed by atoms with Gasteiger partial charge in [-0.15, -0.1) is 0 Å². The van der Waals surface area contributed by atoms with Crippen LogP contribution in [0.15, 0.2) is 91.0 Å². The third-order valence-electron chi connectivity index (χ3n) is 6.11. The average molecular weight is 433 g/mol. The summed E-state index contributed by atoms with van der Waals surface area (Å²) in [5, 5.41) is 5.43. The first-order chi connectivity index (χ1) is 15.2. The minimum absolute atomic E-state index is 0.103. The van der Waals surface area contributed by atoms with E-state index in [1.54, 1.807) is 0 Å². The average Bonchev–Trinajstić information content (AvgIpc) is 3.09. The molecule has 0 aromatic heterocycles. The zero-order chi connectivity index (χ0) is 21.4. The van der Waals surface area contributed by atoms with Crippen molar-refractivity contribution in [2.45, 2.75) is 38.1 Å². The van der Waals surface area contributed by atoms with Crippen LogP contribution >= 0.6 is 7.29 Å². The second-order valence-corrected chi connectivity index (χ2v) is 11.0. The number of hydrogen-bond donors (Lipinski definition) is 1. The molecule has 0 radical (unpaired) electrons. The summed E-state index contributed by atoms with van der Waals surface area (Å²) in [6.45, 7) is 3.18. The SMILES string of the molecule is O=P(N[C@@H](Cc1ccccc1)CN1CCCCCC1)(c1ccccc1)c1ccccc1. The van der Waals surface area contributed by atoms with Crippen LogP contribution in [0.2, 0.25) is 0 Å². The third kappa shape index (κ3) is 5.95. The highest BCUT2D eigenvalue weighted by molar-refractivity contribution is 7.76. The molecule has 0 spiro atoms. The van der Waals surface area contributed by atoms with Crippen molar-refractivity contribution in [3.8, 4) is 0 Å².